The maximum Gasteiger partial charge on any atom is 0.246 e. The first-order chi connectivity index (χ1) is 20.8. The van der Waals surface area contributed by atoms with Gasteiger partial charge in [0.25, 0.3) is 0 Å². The normalized spacial score (nSPS) is 14.0. The molecule has 10 heteroatoms. The number of rotatable bonds is 8. The summed E-state index contributed by atoms with van der Waals surface area (Å²) in [5.74, 6) is 1.58. The molecule has 0 bridgehead atoms. The molecule has 1 N–H and O–H groups in total. The van der Waals surface area contributed by atoms with Crippen molar-refractivity contribution >= 4 is 45.3 Å². The van der Waals surface area contributed by atoms with Crippen molar-refractivity contribution in [2.75, 3.05) is 57.0 Å². The number of hydrogen-bond donors (Lipinski definition) is 1. The molecule has 0 atom stereocenters. The number of imidazole rings is 1. The molecule has 1 aliphatic rings. The van der Waals surface area contributed by atoms with Gasteiger partial charge in [0.1, 0.15) is 17.7 Å². The second kappa shape index (κ2) is 12.2. The molecule has 2 aromatic carbocycles. The van der Waals surface area contributed by atoms with Gasteiger partial charge in [-0.3, -0.25) is 4.79 Å². The topological polar surface area (TPSA) is 95.3 Å². The van der Waals surface area contributed by atoms with E-state index < -0.39 is 0 Å². The highest BCUT2D eigenvalue weighted by Gasteiger charge is 2.21. The Bertz CT molecular complexity index is 1800. The minimum atomic E-state index is 0.0587. The maximum atomic E-state index is 12.6. The average Bonchev–Trinajstić information content (AvgIpc) is 3.38. The van der Waals surface area contributed by atoms with Gasteiger partial charge in [-0.1, -0.05) is 18.2 Å². The number of piperazine rings is 1. The Kier molecular flexibility index (Phi) is 8.02. The van der Waals surface area contributed by atoms with Gasteiger partial charge in [0.15, 0.2) is 5.82 Å². The Balaban J connectivity index is 1.15. The Morgan fingerprint density at radius 1 is 0.977 bits per heavy atom. The molecule has 6 rings (SSSR count). The third-order valence-corrected chi connectivity index (χ3v) is 7.90. The summed E-state index contributed by atoms with van der Waals surface area (Å²) in [6, 6.07) is 16.9. The molecule has 1 amide bonds. The lowest BCUT2D eigenvalue weighted by atomic mass is 9.99. The Labute approximate surface area is 251 Å². The molecule has 0 spiro atoms. The van der Waals surface area contributed by atoms with Gasteiger partial charge in [-0.25, -0.2) is 19.9 Å². The number of benzene rings is 2. The first-order valence-electron chi connectivity index (χ1n) is 14.6. The number of carbonyl (C=O) groups is 1. The van der Waals surface area contributed by atoms with Crippen LogP contribution in [0.3, 0.4) is 0 Å². The summed E-state index contributed by atoms with van der Waals surface area (Å²) < 4.78 is 2.04. The van der Waals surface area contributed by atoms with Crippen LogP contribution in [-0.4, -0.2) is 87.0 Å². The molecule has 0 unspecified atom stereocenters. The number of aromatic nitrogens is 5. The number of nitrogens with zero attached hydrogens (tertiary/aromatic N) is 8. The predicted molar refractivity (Wildman–Crippen MR) is 172 cm³/mol. The van der Waals surface area contributed by atoms with Crippen LogP contribution >= 0.6 is 0 Å². The van der Waals surface area contributed by atoms with Crippen LogP contribution in [0.5, 0.6) is 0 Å². The molecule has 1 saturated heterocycles. The predicted octanol–water partition coefficient (Wildman–Crippen LogP) is 4.32. The molecule has 0 aliphatic carbocycles. The maximum absolute atomic E-state index is 12.6. The summed E-state index contributed by atoms with van der Waals surface area (Å²) in [5, 5.41) is 3.48. The minimum absolute atomic E-state index is 0.0587. The summed E-state index contributed by atoms with van der Waals surface area (Å²) in [6.07, 6.45) is 7.84. The zero-order chi connectivity index (χ0) is 29.9. The summed E-state index contributed by atoms with van der Waals surface area (Å²) >= 11 is 0. The quantitative estimate of drug-likeness (QED) is 0.274. The molecule has 43 heavy (non-hydrogen) atoms. The standard InChI is InChI=1S/C33H37N9O/c1-23-18-26(9-8-25(23)19-24-7-11-29-28(20-24)36-22-40(29)4)37-33-32-27(34-21-35-33)10-12-30(38-32)41-14-16-42(17-15-41)31(43)6-5-13-39(2)3/h5-12,18,20-22H,13-17,19H2,1-4H3,(H,34,35,37)/b6-5+. The van der Waals surface area contributed by atoms with Crippen LogP contribution in [0.2, 0.25) is 0 Å². The van der Waals surface area contributed by atoms with E-state index in [0.29, 0.717) is 18.9 Å². The van der Waals surface area contributed by atoms with E-state index in [4.69, 9.17) is 4.98 Å². The fourth-order valence-electron chi connectivity index (χ4n) is 5.44. The summed E-state index contributed by atoms with van der Waals surface area (Å²) in [5.41, 5.74) is 8.29. The highest BCUT2D eigenvalue weighted by molar-refractivity contribution is 5.89. The van der Waals surface area contributed by atoms with Crippen molar-refractivity contribution in [3.63, 3.8) is 0 Å². The first-order valence-corrected chi connectivity index (χ1v) is 14.6. The van der Waals surface area contributed by atoms with E-state index in [-0.39, 0.29) is 5.91 Å². The van der Waals surface area contributed by atoms with Gasteiger partial charge >= 0.3 is 0 Å². The molecule has 10 nitrogen and oxygen atoms in total. The van der Waals surface area contributed by atoms with Crippen molar-refractivity contribution in [1.82, 2.24) is 34.3 Å². The Hall–Kier alpha value is -4.83. The number of hydrogen-bond acceptors (Lipinski definition) is 8. The van der Waals surface area contributed by atoms with Gasteiger partial charge < -0.3 is 24.6 Å². The fourth-order valence-corrected chi connectivity index (χ4v) is 5.44. The number of nitrogens with one attached hydrogen (secondary N) is 1. The summed E-state index contributed by atoms with van der Waals surface area (Å²) in [4.78, 5) is 37.1. The lowest BCUT2D eigenvalue weighted by Gasteiger charge is -2.35. The van der Waals surface area contributed by atoms with Crippen molar-refractivity contribution in [1.29, 1.82) is 0 Å². The van der Waals surface area contributed by atoms with Crippen molar-refractivity contribution < 1.29 is 4.79 Å². The van der Waals surface area contributed by atoms with Crippen LogP contribution < -0.4 is 10.2 Å². The number of anilines is 3. The van der Waals surface area contributed by atoms with Crippen LogP contribution in [0, 0.1) is 6.92 Å². The van der Waals surface area contributed by atoms with E-state index >= 15 is 0 Å². The molecule has 5 aromatic rings. The number of pyridine rings is 1. The first kappa shape index (κ1) is 28.3. The van der Waals surface area contributed by atoms with Gasteiger partial charge in [0, 0.05) is 51.5 Å². The third kappa shape index (κ3) is 6.34. The molecular formula is C33H37N9O. The highest BCUT2D eigenvalue weighted by Crippen LogP contribution is 2.27. The van der Waals surface area contributed by atoms with E-state index in [2.05, 4.69) is 68.5 Å². The van der Waals surface area contributed by atoms with Crippen LogP contribution in [-0.2, 0) is 18.3 Å². The SMILES string of the molecule is Cc1cc(Nc2ncnc3ccc(N4CCN(C(=O)/C=C/CN(C)C)CC4)nc23)ccc1Cc1ccc2c(c1)ncn2C. The zero-order valence-corrected chi connectivity index (χ0v) is 25.2. The number of likely N-dealkylation sites (N-methyl/N-ethyl adjacent to an activating group) is 1. The number of fused-ring (bicyclic) bond motifs is 2. The largest absolute Gasteiger partial charge is 0.353 e. The molecule has 3 aromatic heterocycles. The monoisotopic (exact) mass is 575 g/mol. The lowest BCUT2D eigenvalue weighted by molar-refractivity contribution is -0.126. The smallest absolute Gasteiger partial charge is 0.246 e. The van der Waals surface area contributed by atoms with E-state index in [0.717, 1.165) is 59.6 Å². The number of carbonyl (C=O) groups excluding carboxylic acids is 1. The highest BCUT2D eigenvalue weighted by atomic mass is 16.2. The van der Waals surface area contributed by atoms with Gasteiger partial charge in [-0.15, -0.1) is 0 Å². The van der Waals surface area contributed by atoms with Gasteiger partial charge in [0.05, 0.1) is 22.9 Å². The molecule has 1 fully saturated rings. The number of amides is 1. The van der Waals surface area contributed by atoms with E-state index in [1.807, 2.05) is 60.0 Å². The average molecular weight is 576 g/mol. The molecule has 1 aliphatic heterocycles. The van der Waals surface area contributed by atoms with E-state index in [1.165, 1.54) is 16.7 Å². The van der Waals surface area contributed by atoms with Crippen LogP contribution in [0.25, 0.3) is 22.1 Å². The summed E-state index contributed by atoms with van der Waals surface area (Å²) in [7, 11) is 5.98. The molecular weight excluding hydrogens is 538 g/mol. The Morgan fingerprint density at radius 2 is 1.81 bits per heavy atom. The van der Waals surface area contributed by atoms with Crippen molar-refractivity contribution in [2.45, 2.75) is 13.3 Å². The zero-order valence-electron chi connectivity index (χ0n) is 25.2. The lowest BCUT2D eigenvalue weighted by Crippen LogP contribution is -2.48. The second-order valence-electron chi connectivity index (χ2n) is 11.4. The van der Waals surface area contributed by atoms with Crippen molar-refractivity contribution in [3.05, 3.63) is 90.0 Å². The van der Waals surface area contributed by atoms with Crippen molar-refractivity contribution in [2.24, 2.45) is 7.05 Å². The Morgan fingerprint density at radius 3 is 2.60 bits per heavy atom. The van der Waals surface area contributed by atoms with Crippen LogP contribution in [0.4, 0.5) is 17.3 Å². The molecule has 220 valence electrons. The molecule has 0 radical (unpaired) electrons. The molecule has 4 heterocycles. The van der Waals surface area contributed by atoms with Gasteiger partial charge in [-0.2, -0.15) is 0 Å². The number of aryl methyl sites for hydroxylation is 2. The van der Waals surface area contributed by atoms with Crippen LogP contribution in [0.15, 0.2) is 73.3 Å². The van der Waals surface area contributed by atoms with E-state index in [9.17, 15) is 4.79 Å². The van der Waals surface area contributed by atoms with Gasteiger partial charge in [-0.05, 0) is 80.5 Å². The van der Waals surface area contributed by atoms with Crippen molar-refractivity contribution in [3.8, 4) is 0 Å². The third-order valence-electron chi connectivity index (χ3n) is 7.90. The fraction of sp³-hybridized carbons (Fsp3) is 0.303. The summed E-state index contributed by atoms with van der Waals surface area (Å²) in [6.45, 7) is 5.63. The van der Waals surface area contributed by atoms with Crippen LogP contribution in [0.1, 0.15) is 16.7 Å². The van der Waals surface area contributed by atoms with E-state index in [1.54, 1.807) is 12.4 Å². The minimum Gasteiger partial charge on any atom is -0.353 e. The van der Waals surface area contributed by atoms with Gasteiger partial charge in [0.2, 0.25) is 5.91 Å². The molecule has 0 saturated carbocycles. The second-order valence-corrected chi connectivity index (χ2v) is 11.4.